The van der Waals surface area contributed by atoms with Crippen LogP contribution in [0.2, 0.25) is 0 Å². The molecule has 0 aliphatic rings. The summed E-state index contributed by atoms with van der Waals surface area (Å²) in [5.41, 5.74) is -0.978. The van der Waals surface area contributed by atoms with Crippen LogP contribution in [0.5, 0.6) is 0 Å². The minimum Gasteiger partial charge on any atom is -0.389 e. The zero-order chi connectivity index (χ0) is 12.3. The van der Waals surface area contributed by atoms with E-state index in [2.05, 4.69) is 15.9 Å². The van der Waals surface area contributed by atoms with Crippen LogP contribution in [0.4, 0.5) is 13.2 Å². The summed E-state index contributed by atoms with van der Waals surface area (Å²) in [5.74, 6) is 0. The van der Waals surface area contributed by atoms with Crippen molar-refractivity contribution in [1.29, 1.82) is 0 Å². The average molecular weight is 292 g/mol. The van der Waals surface area contributed by atoms with Crippen molar-refractivity contribution in [1.82, 2.24) is 4.90 Å². The number of alkyl halides is 4. The van der Waals surface area contributed by atoms with E-state index in [0.29, 0.717) is 6.54 Å². The summed E-state index contributed by atoms with van der Waals surface area (Å²) in [6, 6.07) is 0. The lowest BCUT2D eigenvalue weighted by Crippen LogP contribution is -2.44. The van der Waals surface area contributed by atoms with Gasteiger partial charge in [-0.15, -0.1) is 0 Å². The quantitative estimate of drug-likeness (QED) is 0.787. The Morgan fingerprint density at radius 3 is 2.07 bits per heavy atom. The van der Waals surface area contributed by atoms with Gasteiger partial charge in [0.25, 0.3) is 0 Å². The monoisotopic (exact) mass is 291 g/mol. The molecule has 0 rings (SSSR count). The zero-order valence-electron chi connectivity index (χ0n) is 9.10. The van der Waals surface area contributed by atoms with Crippen LogP contribution in [0, 0.1) is 0 Å². The summed E-state index contributed by atoms with van der Waals surface area (Å²) < 4.78 is 36.7. The van der Waals surface area contributed by atoms with Crippen LogP contribution in [-0.2, 0) is 0 Å². The maximum absolute atomic E-state index is 12.2. The second-order valence-corrected chi connectivity index (χ2v) is 5.25. The molecule has 92 valence electrons. The maximum Gasteiger partial charge on any atom is 0.402 e. The molecule has 0 aromatic carbocycles. The summed E-state index contributed by atoms with van der Waals surface area (Å²) in [5, 5.41) is 9.50. The molecule has 0 radical (unpaired) electrons. The predicted molar refractivity (Wildman–Crippen MR) is 57.2 cm³/mol. The lowest BCUT2D eigenvalue weighted by molar-refractivity contribution is -0.131. The molecule has 0 aromatic rings. The third-order valence-electron chi connectivity index (χ3n) is 1.83. The van der Waals surface area contributed by atoms with Gasteiger partial charge < -0.3 is 5.11 Å². The minimum atomic E-state index is -4.24. The summed E-state index contributed by atoms with van der Waals surface area (Å²) in [4.78, 5) is 0.0136. The third kappa shape index (κ3) is 7.14. The molecule has 0 aliphatic carbocycles. The first-order valence-electron chi connectivity index (χ1n) is 4.72. The number of likely N-dealkylation sites (N-methyl/N-ethyl adjacent to an activating group) is 1. The third-order valence-corrected chi connectivity index (χ3v) is 2.64. The normalized spacial score (nSPS) is 15.8. The summed E-state index contributed by atoms with van der Waals surface area (Å²) >= 11 is 2.60. The van der Waals surface area contributed by atoms with Crippen LogP contribution in [0.1, 0.15) is 20.8 Å². The highest BCUT2D eigenvalue weighted by atomic mass is 79.9. The van der Waals surface area contributed by atoms with E-state index < -0.39 is 16.6 Å². The molecule has 6 heteroatoms. The molecule has 1 unspecified atom stereocenters. The summed E-state index contributed by atoms with van der Waals surface area (Å²) in [6.45, 7) is 5.47. The lowest BCUT2D eigenvalue weighted by Gasteiger charge is -2.30. The number of rotatable bonds is 5. The first-order valence-corrected chi connectivity index (χ1v) is 5.63. The van der Waals surface area contributed by atoms with Crippen molar-refractivity contribution in [2.24, 2.45) is 0 Å². The van der Waals surface area contributed by atoms with Gasteiger partial charge in [-0.1, -0.05) is 22.9 Å². The summed E-state index contributed by atoms with van der Waals surface area (Å²) in [6.07, 6.45) is -4.24. The van der Waals surface area contributed by atoms with Crippen LogP contribution in [0.3, 0.4) is 0 Å². The fourth-order valence-corrected chi connectivity index (χ4v) is 1.59. The van der Waals surface area contributed by atoms with E-state index in [1.54, 1.807) is 25.7 Å². The van der Waals surface area contributed by atoms with E-state index in [4.69, 9.17) is 0 Å². The smallest absolute Gasteiger partial charge is 0.389 e. The molecular weight excluding hydrogens is 275 g/mol. The number of hydrogen-bond donors (Lipinski definition) is 1. The Kier molecular flexibility index (Phi) is 5.57. The molecule has 0 heterocycles. The van der Waals surface area contributed by atoms with Crippen molar-refractivity contribution in [3.63, 3.8) is 0 Å². The van der Waals surface area contributed by atoms with E-state index in [1.165, 1.54) is 0 Å². The van der Waals surface area contributed by atoms with E-state index in [-0.39, 0.29) is 13.1 Å². The van der Waals surface area contributed by atoms with Crippen molar-refractivity contribution in [2.45, 2.75) is 37.4 Å². The highest BCUT2D eigenvalue weighted by Gasteiger charge is 2.38. The molecule has 0 fully saturated rings. The van der Waals surface area contributed by atoms with Crippen molar-refractivity contribution < 1.29 is 18.3 Å². The second kappa shape index (κ2) is 5.50. The molecule has 0 aliphatic heterocycles. The van der Waals surface area contributed by atoms with Crippen LogP contribution in [0.25, 0.3) is 0 Å². The molecule has 0 amide bonds. The van der Waals surface area contributed by atoms with Crippen LogP contribution in [-0.4, -0.2) is 46.2 Å². The maximum atomic E-state index is 12.2. The highest BCUT2D eigenvalue weighted by molar-refractivity contribution is 9.09. The van der Waals surface area contributed by atoms with Gasteiger partial charge in [0, 0.05) is 13.1 Å². The Bertz CT molecular complexity index is 191. The Morgan fingerprint density at radius 2 is 1.80 bits per heavy atom. The lowest BCUT2D eigenvalue weighted by atomic mass is 10.1. The minimum absolute atomic E-state index is 0.149. The van der Waals surface area contributed by atoms with Gasteiger partial charge in [-0.25, -0.2) is 0 Å². The van der Waals surface area contributed by atoms with Gasteiger partial charge in [0.05, 0.1) is 5.60 Å². The molecule has 0 saturated heterocycles. The average Bonchev–Trinajstić information content (AvgIpc) is 1.98. The van der Waals surface area contributed by atoms with E-state index >= 15 is 0 Å². The molecule has 1 N–H and O–H groups in total. The van der Waals surface area contributed by atoms with Crippen molar-refractivity contribution in [3.05, 3.63) is 0 Å². The van der Waals surface area contributed by atoms with Gasteiger partial charge in [-0.3, -0.25) is 4.90 Å². The SMILES string of the molecule is CCN(CC(Br)C(F)(F)F)CC(C)(C)O. The Balaban J connectivity index is 4.23. The van der Waals surface area contributed by atoms with Gasteiger partial charge in [-0.05, 0) is 20.4 Å². The standard InChI is InChI=1S/C9H17BrF3NO/c1-4-14(6-8(2,3)15)5-7(10)9(11,12)13/h7,15H,4-6H2,1-3H3. The molecule has 1 atom stereocenters. The number of hydrogen-bond acceptors (Lipinski definition) is 2. The number of halogens is 4. The van der Waals surface area contributed by atoms with Gasteiger partial charge >= 0.3 is 6.18 Å². The largest absolute Gasteiger partial charge is 0.402 e. The predicted octanol–water partition coefficient (Wildman–Crippen LogP) is 2.41. The summed E-state index contributed by atoms with van der Waals surface area (Å²) in [7, 11) is 0. The van der Waals surface area contributed by atoms with E-state index in [9.17, 15) is 18.3 Å². The first kappa shape index (κ1) is 15.2. The first-order chi connectivity index (χ1) is 6.56. The fraction of sp³-hybridized carbons (Fsp3) is 1.00. The van der Waals surface area contributed by atoms with Crippen molar-refractivity contribution in [3.8, 4) is 0 Å². The zero-order valence-corrected chi connectivity index (χ0v) is 10.7. The van der Waals surface area contributed by atoms with Gasteiger partial charge in [0.15, 0.2) is 0 Å². The molecular formula is C9H17BrF3NO. The molecule has 15 heavy (non-hydrogen) atoms. The Hall–Kier alpha value is 0.190. The van der Waals surface area contributed by atoms with E-state index in [1.807, 2.05) is 0 Å². The molecule has 0 bridgehead atoms. The number of aliphatic hydroxyl groups is 1. The van der Waals surface area contributed by atoms with Crippen LogP contribution in [0.15, 0.2) is 0 Å². The van der Waals surface area contributed by atoms with Crippen LogP contribution < -0.4 is 0 Å². The van der Waals surface area contributed by atoms with E-state index in [0.717, 1.165) is 0 Å². The van der Waals surface area contributed by atoms with Crippen LogP contribution >= 0.6 is 15.9 Å². The highest BCUT2D eigenvalue weighted by Crippen LogP contribution is 2.27. The topological polar surface area (TPSA) is 23.5 Å². The van der Waals surface area contributed by atoms with Gasteiger partial charge in [0.2, 0.25) is 0 Å². The fourth-order valence-electron chi connectivity index (χ4n) is 1.18. The molecule has 0 aromatic heterocycles. The Morgan fingerprint density at radius 1 is 1.33 bits per heavy atom. The van der Waals surface area contributed by atoms with Gasteiger partial charge in [-0.2, -0.15) is 13.2 Å². The number of nitrogens with zero attached hydrogens (tertiary/aromatic N) is 1. The van der Waals surface area contributed by atoms with Gasteiger partial charge in [0.1, 0.15) is 4.83 Å². The molecule has 0 spiro atoms. The second-order valence-electron chi connectivity index (χ2n) is 4.15. The van der Waals surface area contributed by atoms with Crippen molar-refractivity contribution >= 4 is 15.9 Å². The molecule has 2 nitrogen and oxygen atoms in total. The Labute approximate surface area is 96.6 Å². The molecule has 0 saturated carbocycles. The van der Waals surface area contributed by atoms with Crippen molar-refractivity contribution in [2.75, 3.05) is 19.6 Å².